The van der Waals surface area contributed by atoms with Crippen LogP contribution in [0.1, 0.15) is 22.3 Å². The van der Waals surface area contributed by atoms with E-state index in [1.54, 1.807) is 0 Å². The van der Waals surface area contributed by atoms with Gasteiger partial charge in [0.25, 0.3) is 0 Å². The molecule has 0 aromatic heterocycles. The Labute approximate surface area is 397 Å². The van der Waals surface area contributed by atoms with E-state index in [0.717, 1.165) is 17.1 Å². The third-order valence-electron chi connectivity index (χ3n) is 14.3. The predicted molar refractivity (Wildman–Crippen MR) is 287 cm³/mol. The summed E-state index contributed by atoms with van der Waals surface area (Å²) in [7, 11) is 0. The fourth-order valence-electron chi connectivity index (χ4n) is 11.3. The number of benzene rings is 12. The van der Waals surface area contributed by atoms with Crippen LogP contribution in [-0.4, -0.2) is 0 Å². The maximum Gasteiger partial charge on any atom is 0.0713 e. The van der Waals surface area contributed by atoms with Gasteiger partial charge in [0.15, 0.2) is 0 Å². The van der Waals surface area contributed by atoms with Crippen LogP contribution in [-0.2, 0) is 5.41 Å². The summed E-state index contributed by atoms with van der Waals surface area (Å²) in [5.74, 6) is 0. The molecule has 0 unspecified atom stereocenters. The van der Waals surface area contributed by atoms with Crippen LogP contribution in [0.25, 0.3) is 76.8 Å². The van der Waals surface area contributed by atoms with E-state index >= 15 is 0 Å². The third-order valence-corrected chi connectivity index (χ3v) is 14.3. The lowest BCUT2D eigenvalue weighted by Gasteiger charge is -2.33. The lowest BCUT2D eigenvalue weighted by molar-refractivity contribution is 0.768. The average molecular weight is 864 g/mol. The standard InChI is InChI=1S/C67H45N/c1-4-19-49(20-5-1)66-57-27-13-10-18-47(57)36-42-58(66)48-34-40-55(41-35-48)68(65-45-51-21-11-12-26-56(51)59-28-14-15-30-61(59)65)54-38-32-46(33-39-54)50-37-43-64-62(44-50)60-29-16-17-31-63(60)67(64,52-22-6-2-7-23-52)53-24-8-3-9-25-53/h1-45H. The molecule has 0 bridgehead atoms. The van der Waals surface area contributed by atoms with Crippen LogP contribution in [0.5, 0.6) is 0 Å². The van der Waals surface area contributed by atoms with E-state index in [1.165, 1.54) is 99.1 Å². The Morgan fingerprint density at radius 2 is 0.779 bits per heavy atom. The van der Waals surface area contributed by atoms with E-state index in [9.17, 15) is 0 Å². The summed E-state index contributed by atoms with van der Waals surface area (Å²) in [6.07, 6.45) is 0. The van der Waals surface area contributed by atoms with E-state index in [1.807, 2.05) is 0 Å². The Kier molecular flexibility index (Phi) is 9.47. The van der Waals surface area contributed by atoms with E-state index in [-0.39, 0.29) is 0 Å². The van der Waals surface area contributed by atoms with Crippen molar-refractivity contribution in [3.05, 3.63) is 295 Å². The second-order valence-electron chi connectivity index (χ2n) is 18.0. The summed E-state index contributed by atoms with van der Waals surface area (Å²) in [5, 5.41) is 7.40. The molecular weight excluding hydrogens is 819 g/mol. The predicted octanol–water partition coefficient (Wildman–Crippen LogP) is 18.0. The van der Waals surface area contributed by atoms with Crippen molar-refractivity contribution in [3.8, 4) is 44.5 Å². The molecule has 13 rings (SSSR count). The van der Waals surface area contributed by atoms with Gasteiger partial charge in [0.05, 0.1) is 11.1 Å². The molecule has 0 saturated carbocycles. The maximum atomic E-state index is 2.44. The molecule has 0 amide bonds. The van der Waals surface area contributed by atoms with Gasteiger partial charge >= 0.3 is 0 Å². The highest BCUT2D eigenvalue weighted by atomic mass is 15.1. The highest BCUT2D eigenvalue weighted by Crippen LogP contribution is 2.57. The van der Waals surface area contributed by atoms with Gasteiger partial charge in [-0.25, -0.2) is 0 Å². The molecule has 0 N–H and O–H groups in total. The Bertz CT molecular complexity index is 3780. The van der Waals surface area contributed by atoms with Crippen molar-refractivity contribution in [2.45, 2.75) is 5.41 Å². The lowest BCUT2D eigenvalue weighted by Crippen LogP contribution is -2.28. The molecular formula is C67H45N. The molecule has 12 aromatic rings. The smallest absolute Gasteiger partial charge is 0.0713 e. The summed E-state index contributed by atoms with van der Waals surface area (Å²) >= 11 is 0. The second-order valence-corrected chi connectivity index (χ2v) is 18.0. The Morgan fingerprint density at radius 1 is 0.265 bits per heavy atom. The Morgan fingerprint density at radius 3 is 1.47 bits per heavy atom. The SMILES string of the molecule is c1ccc(-c2c(-c3ccc(N(c4ccc(-c5ccc6c(c5)-c5ccccc5C6(c5ccccc5)c5ccccc5)cc4)c4cc5ccccc5c5ccccc45)cc3)ccc3ccccc23)cc1. The Balaban J connectivity index is 0.947. The fourth-order valence-corrected chi connectivity index (χ4v) is 11.3. The third kappa shape index (κ3) is 6.32. The van der Waals surface area contributed by atoms with Crippen molar-refractivity contribution < 1.29 is 0 Å². The van der Waals surface area contributed by atoms with Crippen LogP contribution in [0, 0.1) is 0 Å². The number of hydrogen-bond acceptors (Lipinski definition) is 1. The molecule has 12 aromatic carbocycles. The normalized spacial score (nSPS) is 12.5. The highest BCUT2D eigenvalue weighted by Gasteiger charge is 2.46. The first-order valence-corrected chi connectivity index (χ1v) is 23.6. The van der Waals surface area contributed by atoms with Crippen molar-refractivity contribution in [3.63, 3.8) is 0 Å². The van der Waals surface area contributed by atoms with Crippen molar-refractivity contribution in [2.24, 2.45) is 0 Å². The molecule has 1 nitrogen and oxygen atoms in total. The zero-order valence-electron chi connectivity index (χ0n) is 37.4. The fraction of sp³-hybridized carbons (Fsp3) is 0.0149. The minimum atomic E-state index is -0.424. The van der Waals surface area contributed by atoms with Gasteiger partial charge in [0.1, 0.15) is 0 Å². The van der Waals surface area contributed by atoms with Gasteiger partial charge in [-0.1, -0.05) is 237 Å². The van der Waals surface area contributed by atoms with Crippen LogP contribution in [0.4, 0.5) is 17.1 Å². The zero-order chi connectivity index (χ0) is 45.0. The summed E-state index contributed by atoms with van der Waals surface area (Å²) in [5.41, 5.74) is 17.9. The van der Waals surface area contributed by atoms with Crippen LogP contribution in [0.15, 0.2) is 273 Å². The maximum absolute atomic E-state index is 2.44. The molecule has 1 aliphatic rings. The van der Waals surface area contributed by atoms with Gasteiger partial charge in [-0.15, -0.1) is 0 Å². The van der Waals surface area contributed by atoms with Gasteiger partial charge in [-0.05, 0) is 130 Å². The molecule has 0 atom stereocenters. The number of rotatable bonds is 8. The van der Waals surface area contributed by atoms with Gasteiger partial charge in [0.2, 0.25) is 0 Å². The number of anilines is 3. The van der Waals surface area contributed by atoms with Gasteiger partial charge in [-0.2, -0.15) is 0 Å². The summed E-state index contributed by atoms with van der Waals surface area (Å²) in [6.45, 7) is 0. The molecule has 68 heavy (non-hydrogen) atoms. The first-order chi connectivity index (χ1) is 33.7. The largest absolute Gasteiger partial charge is 0.310 e. The monoisotopic (exact) mass is 863 g/mol. The quantitative estimate of drug-likeness (QED) is 0.138. The summed E-state index contributed by atoms with van der Waals surface area (Å²) < 4.78 is 0. The van der Waals surface area contributed by atoms with E-state index in [0.29, 0.717) is 0 Å². The minimum absolute atomic E-state index is 0.424. The lowest BCUT2D eigenvalue weighted by atomic mass is 9.67. The van der Waals surface area contributed by atoms with Crippen LogP contribution in [0.2, 0.25) is 0 Å². The Hall–Kier alpha value is -8.78. The van der Waals surface area contributed by atoms with E-state index in [2.05, 4.69) is 278 Å². The first-order valence-electron chi connectivity index (χ1n) is 23.6. The van der Waals surface area contributed by atoms with Crippen LogP contribution >= 0.6 is 0 Å². The first kappa shape index (κ1) is 39.6. The van der Waals surface area contributed by atoms with Crippen LogP contribution < -0.4 is 4.90 Å². The highest BCUT2D eigenvalue weighted by molar-refractivity contribution is 6.14. The van der Waals surface area contributed by atoms with E-state index < -0.39 is 5.41 Å². The topological polar surface area (TPSA) is 3.24 Å². The number of nitrogens with zero attached hydrogens (tertiary/aromatic N) is 1. The second kappa shape index (κ2) is 16.3. The molecule has 1 heteroatoms. The van der Waals surface area contributed by atoms with Crippen molar-refractivity contribution in [1.29, 1.82) is 0 Å². The van der Waals surface area contributed by atoms with Crippen molar-refractivity contribution in [1.82, 2.24) is 0 Å². The van der Waals surface area contributed by atoms with Gasteiger partial charge < -0.3 is 4.90 Å². The average Bonchev–Trinajstić information content (AvgIpc) is 3.72. The van der Waals surface area contributed by atoms with Gasteiger partial charge in [0, 0.05) is 16.8 Å². The molecule has 1 aliphatic carbocycles. The number of hydrogen-bond donors (Lipinski definition) is 0. The molecule has 0 saturated heterocycles. The molecule has 0 heterocycles. The summed E-state index contributed by atoms with van der Waals surface area (Å²) in [4.78, 5) is 2.44. The molecule has 0 spiro atoms. The summed E-state index contributed by atoms with van der Waals surface area (Å²) in [6, 6.07) is 101. The van der Waals surface area contributed by atoms with Gasteiger partial charge in [-0.3, -0.25) is 0 Å². The minimum Gasteiger partial charge on any atom is -0.310 e. The molecule has 0 aliphatic heterocycles. The van der Waals surface area contributed by atoms with Crippen molar-refractivity contribution >= 4 is 49.4 Å². The number of fused-ring (bicyclic) bond motifs is 7. The zero-order valence-corrected chi connectivity index (χ0v) is 37.4. The van der Waals surface area contributed by atoms with Crippen molar-refractivity contribution in [2.75, 3.05) is 4.90 Å². The van der Waals surface area contributed by atoms with E-state index in [4.69, 9.17) is 0 Å². The molecule has 0 radical (unpaired) electrons. The molecule has 0 fully saturated rings. The molecule has 318 valence electrons. The van der Waals surface area contributed by atoms with Crippen LogP contribution in [0.3, 0.4) is 0 Å².